The van der Waals surface area contributed by atoms with E-state index in [-0.39, 0.29) is 0 Å². The maximum absolute atomic E-state index is 5.52. The molecule has 1 aromatic heterocycles. The number of nitrogens with zero attached hydrogens (tertiary/aromatic N) is 1. The van der Waals surface area contributed by atoms with Gasteiger partial charge in [-0.3, -0.25) is 4.98 Å². The maximum Gasteiger partial charge on any atom is 0.0484 e. The van der Waals surface area contributed by atoms with Gasteiger partial charge in [-0.15, -0.1) is 0 Å². The van der Waals surface area contributed by atoms with Gasteiger partial charge in [0, 0.05) is 37.0 Å². The van der Waals surface area contributed by atoms with Gasteiger partial charge in [0.15, 0.2) is 0 Å². The van der Waals surface area contributed by atoms with Gasteiger partial charge in [0.2, 0.25) is 0 Å². The second-order valence-corrected chi connectivity index (χ2v) is 4.94. The smallest absolute Gasteiger partial charge is 0.0484 e. The normalized spacial score (nSPS) is 12.7. The van der Waals surface area contributed by atoms with Crippen LogP contribution in [-0.2, 0) is 4.74 Å². The Labute approximate surface area is 121 Å². The lowest BCUT2D eigenvalue weighted by Gasteiger charge is -2.20. The summed E-state index contributed by atoms with van der Waals surface area (Å²) in [6, 6.07) is 8.74. The van der Waals surface area contributed by atoms with E-state index in [2.05, 4.69) is 41.5 Å². The van der Waals surface area contributed by atoms with Gasteiger partial charge in [-0.2, -0.15) is 0 Å². The molecule has 20 heavy (non-hydrogen) atoms. The van der Waals surface area contributed by atoms with Crippen LogP contribution in [0.25, 0.3) is 10.8 Å². The minimum Gasteiger partial charge on any atom is -0.382 e. The zero-order chi connectivity index (χ0) is 14.2. The Morgan fingerprint density at radius 2 is 2.05 bits per heavy atom. The van der Waals surface area contributed by atoms with E-state index in [1.807, 2.05) is 19.3 Å². The molecular weight excluding hydrogens is 248 g/mol. The molecule has 0 bridgehead atoms. The average molecular weight is 272 g/mol. The van der Waals surface area contributed by atoms with Crippen molar-refractivity contribution in [2.24, 2.45) is 0 Å². The van der Waals surface area contributed by atoms with Gasteiger partial charge in [-0.05, 0) is 37.3 Å². The van der Waals surface area contributed by atoms with Crippen LogP contribution in [0.5, 0.6) is 0 Å². The summed E-state index contributed by atoms with van der Waals surface area (Å²) in [6.07, 6.45) is 6.02. The summed E-state index contributed by atoms with van der Waals surface area (Å²) in [6.45, 7) is 6.79. The molecule has 0 saturated carbocycles. The van der Waals surface area contributed by atoms with E-state index in [9.17, 15) is 0 Å². The zero-order valence-electron chi connectivity index (χ0n) is 12.4. The molecule has 1 N–H and O–H groups in total. The lowest BCUT2D eigenvalue weighted by molar-refractivity contribution is 0.136. The van der Waals surface area contributed by atoms with Crippen LogP contribution in [0.2, 0.25) is 0 Å². The SMILES string of the molecule is CCCNC(CCOCC)c1cncc2ccccc12. The molecule has 2 aromatic rings. The zero-order valence-corrected chi connectivity index (χ0v) is 12.4. The Hall–Kier alpha value is -1.45. The molecule has 1 heterocycles. The molecule has 0 aliphatic rings. The molecule has 1 unspecified atom stereocenters. The van der Waals surface area contributed by atoms with Gasteiger partial charge in [0.1, 0.15) is 0 Å². The molecule has 0 aliphatic heterocycles. The molecule has 0 radical (unpaired) electrons. The van der Waals surface area contributed by atoms with E-state index in [0.29, 0.717) is 6.04 Å². The summed E-state index contributed by atoms with van der Waals surface area (Å²) in [7, 11) is 0. The fourth-order valence-corrected chi connectivity index (χ4v) is 2.45. The predicted molar refractivity (Wildman–Crippen MR) is 83.9 cm³/mol. The number of benzene rings is 1. The fraction of sp³-hybridized carbons (Fsp3) is 0.471. The van der Waals surface area contributed by atoms with Crippen molar-refractivity contribution in [2.75, 3.05) is 19.8 Å². The Morgan fingerprint density at radius 3 is 2.85 bits per heavy atom. The minimum absolute atomic E-state index is 0.306. The lowest BCUT2D eigenvalue weighted by atomic mass is 9.99. The van der Waals surface area contributed by atoms with E-state index in [0.717, 1.165) is 32.6 Å². The van der Waals surface area contributed by atoms with Crippen LogP contribution in [0, 0.1) is 0 Å². The number of pyridine rings is 1. The molecule has 2 rings (SSSR count). The van der Waals surface area contributed by atoms with Crippen molar-refractivity contribution < 1.29 is 4.74 Å². The first-order valence-electron chi connectivity index (χ1n) is 7.50. The van der Waals surface area contributed by atoms with Crippen LogP contribution in [0.15, 0.2) is 36.7 Å². The van der Waals surface area contributed by atoms with Gasteiger partial charge in [0.05, 0.1) is 0 Å². The molecule has 0 saturated heterocycles. The lowest BCUT2D eigenvalue weighted by Crippen LogP contribution is -2.24. The third kappa shape index (κ3) is 3.78. The second kappa shape index (κ2) is 7.98. The molecule has 1 atom stereocenters. The Bertz CT molecular complexity index is 522. The number of nitrogens with one attached hydrogen (secondary N) is 1. The highest BCUT2D eigenvalue weighted by Crippen LogP contribution is 2.25. The molecule has 0 fully saturated rings. The number of hydrogen-bond acceptors (Lipinski definition) is 3. The van der Waals surface area contributed by atoms with Crippen LogP contribution < -0.4 is 5.32 Å². The number of fused-ring (bicyclic) bond motifs is 1. The highest BCUT2D eigenvalue weighted by Gasteiger charge is 2.13. The van der Waals surface area contributed by atoms with Gasteiger partial charge in [-0.1, -0.05) is 31.2 Å². The van der Waals surface area contributed by atoms with Crippen molar-refractivity contribution in [3.63, 3.8) is 0 Å². The monoisotopic (exact) mass is 272 g/mol. The van der Waals surface area contributed by atoms with E-state index >= 15 is 0 Å². The summed E-state index contributed by atoms with van der Waals surface area (Å²) in [4.78, 5) is 4.39. The van der Waals surface area contributed by atoms with E-state index < -0.39 is 0 Å². The molecule has 0 aliphatic carbocycles. The van der Waals surface area contributed by atoms with Crippen molar-refractivity contribution in [1.29, 1.82) is 0 Å². The standard InChI is InChI=1S/C17H24N2O/c1-3-10-19-17(9-11-20-4-2)16-13-18-12-14-7-5-6-8-15(14)16/h5-8,12-13,17,19H,3-4,9-11H2,1-2H3. The van der Waals surface area contributed by atoms with E-state index in [1.54, 1.807) is 0 Å². The van der Waals surface area contributed by atoms with Crippen LogP contribution in [-0.4, -0.2) is 24.7 Å². The third-order valence-electron chi connectivity index (χ3n) is 3.47. The van der Waals surface area contributed by atoms with Crippen molar-refractivity contribution in [3.05, 3.63) is 42.2 Å². The summed E-state index contributed by atoms with van der Waals surface area (Å²) < 4.78 is 5.52. The first-order valence-corrected chi connectivity index (χ1v) is 7.50. The second-order valence-electron chi connectivity index (χ2n) is 4.94. The number of aromatic nitrogens is 1. The van der Waals surface area contributed by atoms with E-state index in [4.69, 9.17) is 4.74 Å². The number of rotatable bonds is 8. The average Bonchev–Trinajstić information content (AvgIpc) is 2.50. The maximum atomic E-state index is 5.52. The summed E-state index contributed by atoms with van der Waals surface area (Å²) in [5, 5.41) is 6.10. The van der Waals surface area contributed by atoms with Crippen LogP contribution >= 0.6 is 0 Å². The molecule has 0 spiro atoms. The molecular formula is C17H24N2O. The number of hydrogen-bond donors (Lipinski definition) is 1. The quantitative estimate of drug-likeness (QED) is 0.744. The fourth-order valence-electron chi connectivity index (χ4n) is 2.45. The van der Waals surface area contributed by atoms with Gasteiger partial charge in [0.25, 0.3) is 0 Å². The largest absolute Gasteiger partial charge is 0.382 e. The molecule has 3 heteroatoms. The van der Waals surface area contributed by atoms with Crippen LogP contribution in [0.3, 0.4) is 0 Å². The van der Waals surface area contributed by atoms with Crippen LogP contribution in [0.1, 0.15) is 38.3 Å². The topological polar surface area (TPSA) is 34.1 Å². The molecule has 3 nitrogen and oxygen atoms in total. The highest BCUT2D eigenvalue weighted by atomic mass is 16.5. The van der Waals surface area contributed by atoms with Crippen molar-refractivity contribution in [2.45, 2.75) is 32.7 Å². The van der Waals surface area contributed by atoms with E-state index in [1.165, 1.54) is 16.3 Å². The summed E-state index contributed by atoms with van der Waals surface area (Å²) >= 11 is 0. The Balaban J connectivity index is 2.24. The predicted octanol–water partition coefficient (Wildman–Crippen LogP) is 3.70. The van der Waals surface area contributed by atoms with Crippen molar-refractivity contribution >= 4 is 10.8 Å². The van der Waals surface area contributed by atoms with Gasteiger partial charge in [-0.25, -0.2) is 0 Å². The first-order chi connectivity index (χ1) is 9.86. The van der Waals surface area contributed by atoms with Crippen molar-refractivity contribution in [3.8, 4) is 0 Å². The van der Waals surface area contributed by atoms with Crippen LogP contribution in [0.4, 0.5) is 0 Å². The number of ether oxygens (including phenoxy) is 1. The third-order valence-corrected chi connectivity index (χ3v) is 3.47. The molecule has 0 amide bonds. The minimum atomic E-state index is 0.306. The molecule has 1 aromatic carbocycles. The molecule has 108 valence electrons. The Morgan fingerprint density at radius 1 is 1.20 bits per heavy atom. The van der Waals surface area contributed by atoms with Gasteiger partial charge >= 0.3 is 0 Å². The van der Waals surface area contributed by atoms with Gasteiger partial charge < -0.3 is 10.1 Å². The Kier molecular flexibility index (Phi) is 5.96. The summed E-state index contributed by atoms with van der Waals surface area (Å²) in [5.74, 6) is 0. The first kappa shape index (κ1) is 14.9. The highest BCUT2D eigenvalue weighted by molar-refractivity contribution is 5.85. The summed E-state index contributed by atoms with van der Waals surface area (Å²) in [5.41, 5.74) is 1.27. The van der Waals surface area contributed by atoms with Crippen molar-refractivity contribution in [1.82, 2.24) is 10.3 Å².